The third-order valence-corrected chi connectivity index (χ3v) is 4.08. The molecule has 0 N–H and O–H groups in total. The Balaban J connectivity index is 2.38. The fourth-order valence-corrected chi connectivity index (χ4v) is 2.52. The molecule has 0 saturated carbocycles. The number of rotatable bonds is 11. The number of benzene rings is 2. The van der Waals surface area contributed by atoms with E-state index in [1.807, 2.05) is 0 Å². The number of carbonyl (C=O) groups is 5. The van der Waals surface area contributed by atoms with E-state index in [0.717, 1.165) is 24.3 Å². The number of carbonyl (C=O) groups excluding carboxylic acids is 5. The van der Waals surface area contributed by atoms with Crippen molar-refractivity contribution in [2.24, 2.45) is 0 Å². The number of hydrogen-bond acceptors (Lipinski definition) is 9. The van der Waals surface area contributed by atoms with Gasteiger partial charge in [-0.1, -0.05) is 32.4 Å². The van der Waals surface area contributed by atoms with Crippen LogP contribution in [0.4, 0.5) is 0 Å². The Morgan fingerprint density at radius 3 is 1.56 bits per heavy atom. The van der Waals surface area contributed by atoms with Crippen LogP contribution in [0.1, 0.15) is 15.9 Å². The highest BCUT2D eigenvalue weighted by molar-refractivity contribution is 6.07. The van der Waals surface area contributed by atoms with Gasteiger partial charge in [-0.3, -0.25) is 4.79 Å². The van der Waals surface area contributed by atoms with Crippen molar-refractivity contribution >= 4 is 35.7 Å². The molecule has 0 bridgehead atoms. The zero-order valence-corrected chi connectivity index (χ0v) is 18.9. The van der Waals surface area contributed by atoms with Gasteiger partial charge in [0.25, 0.3) is 0 Å². The van der Waals surface area contributed by atoms with Crippen molar-refractivity contribution in [2.45, 2.75) is 0 Å². The van der Waals surface area contributed by atoms with Gasteiger partial charge in [0.15, 0.2) is 17.3 Å². The summed E-state index contributed by atoms with van der Waals surface area (Å²) in [7, 11) is 0. The Bertz CT molecular complexity index is 1260. The predicted octanol–water partition coefficient (Wildman–Crippen LogP) is 3.95. The molecule has 0 saturated heterocycles. The van der Waals surface area contributed by atoms with Crippen LogP contribution in [0.3, 0.4) is 0 Å². The third kappa shape index (κ3) is 7.92. The Labute approximate surface area is 206 Å². The smallest absolute Gasteiger partial charge is 0.335 e. The topological polar surface area (TPSA) is 122 Å². The van der Waals surface area contributed by atoms with Crippen molar-refractivity contribution in [2.75, 3.05) is 0 Å². The average Bonchev–Trinajstić information content (AvgIpc) is 2.87. The molecule has 9 nitrogen and oxygen atoms in total. The van der Waals surface area contributed by atoms with Crippen LogP contribution in [0, 0.1) is 0 Å². The van der Waals surface area contributed by atoms with Crippen molar-refractivity contribution in [3.05, 3.63) is 104 Å². The molecule has 9 heteroatoms. The minimum Gasteiger partial charge on any atom is -0.423 e. The van der Waals surface area contributed by atoms with E-state index in [2.05, 4.69) is 26.3 Å². The van der Waals surface area contributed by atoms with Gasteiger partial charge in [-0.15, -0.1) is 0 Å². The summed E-state index contributed by atoms with van der Waals surface area (Å²) in [6.07, 6.45) is 6.28. The average molecular weight is 488 g/mol. The maximum atomic E-state index is 12.8. The van der Waals surface area contributed by atoms with Crippen LogP contribution < -0.4 is 18.9 Å². The lowest BCUT2D eigenvalue weighted by Crippen LogP contribution is -2.09. The van der Waals surface area contributed by atoms with E-state index < -0.39 is 29.7 Å². The normalized spacial score (nSPS) is 10.0. The highest BCUT2D eigenvalue weighted by Gasteiger charge is 2.15. The predicted molar refractivity (Wildman–Crippen MR) is 130 cm³/mol. The summed E-state index contributed by atoms with van der Waals surface area (Å²) in [4.78, 5) is 59.1. The number of ether oxygens (including phenoxy) is 4. The first-order valence-electron chi connectivity index (χ1n) is 10.1. The summed E-state index contributed by atoms with van der Waals surface area (Å²) < 4.78 is 20.2. The molecule has 2 aromatic rings. The van der Waals surface area contributed by atoms with Gasteiger partial charge < -0.3 is 18.9 Å². The highest BCUT2D eigenvalue weighted by Crippen LogP contribution is 2.30. The number of esters is 4. The molecular weight excluding hydrogens is 468 g/mol. The van der Waals surface area contributed by atoms with Gasteiger partial charge in [0.2, 0.25) is 0 Å². The van der Waals surface area contributed by atoms with Crippen molar-refractivity contribution in [3.8, 4) is 23.0 Å². The molecule has 0 heterocycles. The molecule has 0 unspecified atom stereocenters. The van der Waals surface area contributed by atoms with E-state index in [4.69, 9.17) is 18.9 Å². The van der Waals surface area contributed by atoms with Gasteiger partial charge >= 0.3 is 23.9 Å². The molecule has 0 aliphatic carbocycles. The fraction of sp³-hybridized carbons (Fsp3) is 0. The van der Waals surface area contributed by atoms with Crippen molar-refractivity contribution in [3.63, 3.8) is 0 Å². The van der Waals surface area contributed by atoms with Crippen LogP contribution in [-0.2, 0) is 19.2 Å². The second-order valence-corrected chi connectivity index (χ2v) is 6.60. The molecular formula is C27H20O9. The van der Waals surface area contributed by atoms with Crippen LogP contribution in [0.2, 0.25) is 0 Å². The van der Waals surface area contributed by atoms with Gasteiger partial charge in [-0.2, -0.15) is 0 Å². The molecule has 0 aliphatic heterocycles. The van der Waals surface area contributed by atoms with Crippen molar-refractivity contribution in [1.82, 2.24) is 0 Å². The van der Waals surface area contributed by atoms with E-state index in [1.54, 1.807) is 0 Å². The zero-order valence-electron chi connectivity index (χ0n) is 18.9. The number of ketones is 1. The third-order valence-electron chi connectivity index (χ3n) is 4.08. The van der Waals surface area contributed by atoms with Gasteiger partial charge in [0, 0.05) is 35.9 Å². The zero-order chi connectivity index (χ0) is 26.7. The highest BCUT2D eigenvalue weighted by atomic mass is 16.6. The van der Waals surface area contributed by atoms with Crippen LogP contribution >= 0.6 is 0 Å². The first-order valence-corrected chi connectivity index (χ1v) is 10.1. The largest absolute Gasteiger partial charge is 0.423 e. The summed E-state index contributed by atoms with van der Waals surface area (Å²) in [5, 5.41) is 0. The molecule has 0 amide bonds. The second kappa shape index (κ2) is 12.8. The summed E-state index contributed by atoms with van der Waals surface area (Å²) in [5.41, 5.74) is 0.434. The first kappa shape index (κ1) is 26.9. The molecule has 0 atom stereocenters. The maximum Gasteiger partial charge on any atom is 0.335 e. The second-order valence-electron chi connectivity index (χ2n) is 6.60. The maximum absolute atomic E-state index is 12.8. The summed E-state index contributed by atoms with van der Waals surface area (Å²) >= 11 is 0. The van der Waals surface area contributed by atoms with Crippen LogP contribution in [0.15, 0.2) is 93.1 Å². The van der Waals surface area contributed by atoms with E-state index in [0.29, 0.717) is 5.56 Å². The SMILES string of the molecule is C=CC(=O)Oc1cc(/C=C/C(=O)c2ccc(OC(=O)C=C)c(OC(=O)C=C)c2)cc(OC(=O)C=C)c1. The lowest BCUT2D eigenvalue weighted by Gasteiger charge is -2.10. The Kier molecular flexibility index (Phi) is 9.58. The number of hydrogen-bond donors (Lipinski definition) is 0. The number of allylic oxidation sites excluding steroid dienone is 1. The lowest BCUT2D eigenvalue weighted by atomic mass is 10.1. The van der Waals surface area contributed by atoms with E-state index >= 15 is 0 Å². The first-order chi connectivity index (χ1) is 17.2. The minimum absolute atomic E-state index is 0.0355. The van der Waals surface area contributed by atoms with Gasteiger partial charge in [0.1, 0.15) is 11.5 Å². The Hall–Kier alpha value is -5.31. The fourth-order valence-electron chi connectivity index (χ4n) is 2.52. The molecule has 182 valence electrons. The van der Waals surface area contributed by atoms with Crippen molar-refractivity contribution in [1.29, 1.82) is 0 Å². The van der Waals surface area contributed by atoms with E-state index in [9.17, 15) is 24.0 Å². The molecule has 0 spiro atoms. The quantitative estimate of drug-likeness (QED) is 0.200. The summed E-state index contributed by atoms with van der Waals surface area (Å²) in [6, 6.07) is 7.97. The molecule has 2 aromatic carbocycles. The molecule has 2 rings (SSSR count). The monoisotopic (exact) mass is 488 g/mol. The molecule has 0 aliphatic rings. The van der Waals surface area contributed by atoms with Crippen LogP contribution in [0.5, 0.6) is 23.0 Å². The summed E-state index contributed by atoms with van der Waals surface area (Å²) in [6.45, 7) is 13.2. The summed E-state index contributed by atoms with van der Waals surface area (Å²) in [5.74, 6) is -3.87. The molecule has 0 aromatic heterocycles. The van der Waals surface area contributed by atoms with E-state index in [1.165, 1.54) is 48.6 Å². The van der Waals surface area contributed by atoms with Crippen LogP contribution in [0.25, 0.3) is 6.08 Å². The van der Waals surface area contributed by atoms with Gasteiger partial charge in [0.05, 0.1) is 0 Å². The van der Waals surface area contributed by atoms with Crippen molar-refractivity contribution < 1.29 is 42.9 Å². The standard InChI is InChI=1S/C27H20O9/c1-5-24(29)33-19-13-17(14-20(16-19)34-25(30)6-2)9-11-21(28)18-10-12-22(35-26(31)7-3)23(15-18)36-27(32)8-4/h5-16H,1-4H2/b11-9+. The van der Waals surface area contributed by atoms with Gasteiger partial charge in [-0.25, -0.2) is 19.2 Å². The molecule has 36 heavy (non-hydrogen) atoms. The lowest BCUT2D eigenvalue weighted by molar-refractivity contribution is -0.131. The Morgan fingerprint density at radius 2 is 1.06 bits per heavy atom. The van der Waals surface area contributed by atoms with E-state index in [-0.39, 0.29) is 28.6 Å². The Morgan fingerprint density at radius 1 is 0.583 bits per heavy atom. The van der Waals surface area contributed by atoms with Gasteiger partial charge in [-0.05, 0) is 42.0 Å². The minimum atomic E-state index is -0.835. The molecule has 0 radical (unpaired) electrons. The molecule has 0 fully saturated rings. The van der Waals surface area contributed by atoms with Crippen LogP contribution in [-0.4, -0.2) is 29.7 Å².